The maximum atomic E-state index is 13.1. The van der Waals surface area contributed by atoms with Gasteiger partial charge in [-0.3, -0.25) is 9.59 Å². The van der Waals surface area contributed by atoms with Crippen molar-refractivity contribution >= 4 is 28.9 Å². The highest BCUT2D eigenvalue weighted by Crippen LogP contribution is 2.46. The van der Waals surface area contributed by atoms with Gasteiger partial charge in [0.2, 0.25) is 0 Å². The molecule has 3 N–H and O–H groups in total. The van der Waals surface area contributed by atoms with Gasteiger partial charge in [0.15, 0.2) is 5.78 Å². The summed E-state index contributed by atoms with van der Waals surface area (Å²) >= 11 is 0. The first-order chi connectivity index (χ1) is 31.5. The summed E-state index contributed by atoms with van der Waals surface area (Å²) in [6.45, 7) is 17.8. The van der Waals surface area contributed by atoms with Crippen molar-refractivity contribution in [3.05, 3.63) is 91.5 Å². The number of ketones is 1. The number of allylic oxidation sites excluding steroid dienone is 12. The highest BCUT2D eigenvalue weighted by atomic mass is 16.6. The van der Waals surface area contributed by atoms with Crippen molar-refractivity contribution < 1.29 is 57.7 Å². The molecule has 65 heavy (non-hydrogen) atoms. The van der Waals surface area contributed by atoms with Crippen molar-refractivity contribution in [1.29, 1.82) is 0 Å². The molecule has 1 aliphatic carbocycles. The molecule has 0 aromatic heterocycles. The molecule has 2 atom stereocenters. The van der Waals surface area contributed by atoms with Crippen LogP contribution in [-0.4, -0.2) is 145 Å². The summed E-state index contributed by atoms with van der Waals surface area (Å²) in [5, 5.41) is 23.8. The van der Waals surface area contributed by atoms with E-state index in [0.717, 1.165) is 57.1 Å². The zero-order valence-electron chi connectivity index (χ0n) is 38.8. The number of nitrogens with zero attached hydrogens (tertiary/aromatic N) is 3. The van der Waals surface area contributed by atoms with Crippen LogP contribution in [0.5, 0.6) is 0 Å². The topological polar surface area (TPSA) is 198 Å². The maximum absolute atomic E-state index is 13.1. The fourth-order valence-corrected chi connectivity index (χ4v) is 8.60. The van der Waals surface area contributed by atoms with Gasteiger partial charge >= 0.3 is 5.97 Å². The third-order valence-corrected chi connectivity index (χ3v) is 12.0. The average molecular weight is 903 g/mol. The third-order valence-electron chi connectivity index (χ3n) is 12.0. The summed E-state index contributed by atoms with van der Waals surface area (Å²) in [7, 11) is 0. The second kappa shape index (κ2) is 24.8. The molecule has 0 aromatic rings. The van der Waals surface area contributed by atoms with Crippen LogP contribution >= 0.6 is 0 Å². The Bertz CT molecular complexity index is 2150. The standard InChI is InChI=1S/C49H66N4O12/c1-7-35-30(2)38-27-39-31(3)36(8-9-45(57)65-25-24-64-23-22-63-21-20-62-19-18-61-17-16-60-15-14-59-13-12-58-11-10-54)48(52-39)37-26-44(56)47-33(5)41(53-49(37)47)29-43-46(34(6)55)32(4)40(51-43)28-42(35)50-38/h27-29,31,36,52,54,56H,7-26H2,1-6H3/t31-,36-/m0/s1. The van der Waals surface area contributed by atoms with Gasteiger partial charge in [0.05, 0.1) is 133 Å². The van der Waals surface area contributed by atoms with Gasteiger partial charge in [-0.05, 0) is 81.1 Å². The summed E-state index contributed by atoms with van der Waals surface area (Å²) in [5.41, 5.74) is 12.1. The van der Waals surface area contributed by atoms with Crippen molar-refractivity contribution in [2.24, 2.45) is 26.8 Å². The van der Waals surface area contributed by atoms with Gasteiger partial charge < -0.3 is 53.4 Å². The Labute approximate surface area is 382 Å². The van der Waals surface area contributed by atoms with E-state index in [9.17, 15) is 14.7 Å². The van der Waals surface area contributed by atoms with Crippen LogP contribution < -0.4 is 5.32 Å². The SMILES string of the molecule is CCC1=C(C)C2=NC1=CC1=NC(=CC3=C(C)C4=C(O)CC(=C5NC(=C2)[C@@H](C)[C@@H]5CCC(=O)OCCOCCOCCOCCOCCOCCOCCOCCO)C4=N3)C(C(C)=O)=C1C. The quantitative estimate of drug-likeness (QED) is 0.0642. The molecular formula is C49H66N4O12. The maximum Gasteiger partial charge on any atom is 0.305 e. The molecule has 0 aromatic carbocycles. The van der Waals surface area contributed by atoms with Crippen molar-refractivity contribution in [2.75, 3.05) is 106 Å². The van der Waals surface area contributed by atoms with E-state index in [0.29, 0.717) is 133 Å². The van der Waals surface area contributed by atoms with E-state index in [-0.39, 0.29) is 55.6 Å². The minimum atomic E-state index is -0.312. The Balaban J connectivity index is 0.953. The number of fused-ring (bicyclic) bond motifs is 5. The molecule has 5 heterocycles. The molecular weight excluding hydrogens is 837 g/mol. The monoisotopic (exact) mass is 902 g/mol. The fourth-order valence-electron chi connectivity index (χ4n) is 8.60. The van der Waals surface area contributed by atoms with Crippen molar-refractivity contribution in [2.45, 2.75) is 67.2 Å². The van der Waals surface area contributed by atoms with Gasteiger partial charge in [-0.25, -0.2) is 15.0 Å². The first-order valence-corrected chi connectivity index (χ1v) is 22.8. The number of aliphatic hydroxyl groups is 2. The van der Waals surface area contributed by atoms with E-state index in [4.69, 9.17) is 58.0 Å². The number of aliphatic imine (C=N–C) groups is 3. The normalized spacial score (nSPS) is 20.2. The zero-order valence-corrected chi connectivity index (χ0v) is 38.8. The average Bonchev–Trinajstić information content (AvgIpc) is 4.04. The van der Waals surface area contributed by atoms with Gasteiger partial charge in [0, 0.05) is 52.8 Å². The van der Waals surface area contributed by atoms with Crippen molar-refractivity contribution in [3.8, 4) is 0 Å². The summed E-state index contributed by atoms with van der Waals surface area (Å²) in [5.74, 6) is -0.233. The summed E-state index contributed by atoms with van der Waals surface area (Å²) in [6.07, 6.45) is 7.74. The van der Waals surface area contributed by atoms with Crippen LogP contribution in [0.15, 0.2) is 106 Å². The van der Waals surface area contributed by atoms with Gasteiger partial charge in [0.1, 0.15) is 12.4 Å². The van der Waals surface area contributed by atoms with E-state index in [1.165, 1.54) is 0 Å². The van der Waals surface area contributed by atoms with E-state index < -0.39 is 0 Å². The van der Waals surface area contributed by atoms with Crippen molar-refractivity contribution in [3.63, 3.8) is 0 Å². The third kappa shape index (κ3) is 12.8. The molecule has 6 aliphatic rings. The first-order valence-electron chi connectivity index (χ1n) is 22.8. The van der Waals surface area contributed by atoms with Crippen LogP contribution in [0.4, 0.5) is 0 Å². The molecule has 0 amide bonds. The lowest BCUT2D eigenvalue weighted by Gasteiger charge is -2.17. The predicted octanol–water partition coefficient (Wildman–Crippen LogP) is 5.68. The second-order valence-corrected chi connectivity index (χ2v) is 16.3. The molecule has 1 fully saturated rings. The minimum absolute atomic E-state index is 0.00184. The summed E-state index contributed by atoms with van der Waals surface area (Å²) < 4.78 is 43.7. The van der Waals surface area contributed by atoms with Crippen LogP contribution in [0.2, 0.25) is 0 Å². The number of carbonyl (C=O) groups is 2. The van der Waals surface area contributed by atoms with E-state index in [1.54, 1.807) is 6.92 Å². The Kier molecular flexibility index (Phi) is 19.0. The molecule has 6 rings (SSSR count). The number of rotatable bonds is 28. The van der Waals surface area contributed by atoms with Gasteiger partial charge in [-0.15, -0.1) is 0 Å². The van der Waals surface area contributed by atoms with Crippen LogP contribution in [-0.2, 0) is 47.5 Å². The van der Waals surface area contributed by atoms with Gasteiger partial charge in [-0.1, -0.05) is 13.8 Å². The fraction of sp³-hybridized carbons (Fsp3) is 0.571. The van der Waals surface area contributed by atoms with E-state index in [1.807, 2.05) is 26.0 Å². The van der Waals surface area contributed by atoms with E-state index in [2.05, 4.69) is 32.2 Å². The molecule has 0 saturated carbocycles. The summed E-state index contributed by atoms with van der Waals surface area (Å²) in [6, 6.07) is 0. The molecule has 1 saturated heterocycles. The Hall–Kier alpha value is -4.65. The van der Waals surface area contributed by atoms with Crippen LogP contribution in [0.3, 0.4) is 0 Å². The molecule has 16 heteroatoms. The zero-order chi connectivity index (χ0) is 46.3. The number of carbonyl (C=O) groups excluding carboxylic acids is 2. The van der Waals surface area contributed by atoms with E-state index >= 15 is 0 Å². The van der Waals surface area contributed by atoms with Gasteiger partial charge in [-0.2, -0.15) is 0 Å². The van der Waals surface area contributed by atoms with Crippen LogP contribution in [0.25, 0.3) is 0 Å². The summed E-state index contributed by atoms with van der Waals surface area (Å²) in [4.78, 5) is 41.2. The number of hydrogen-bond acceptors (Lipinski definition) is 16. The smallest absolute Gasteiger partial charge is 0.305 e. The first kappa shape index (κ1) is 49.8. The number of hydrogen-bond donors (Lipinski definition) is 3. The Morgan fingerprint density at radius 3 is 1.80 bits per heavy atom. The molecule has 8 bridgehead atoms. The molecule has 0 radical (unpaired) electrons. The highest BCUT2D eigenvalue weighted by molar-refractivity contribution is 6.22. The molecule has 5 aliphatic heterocycles. The molecule has 354 valence electrons. The second-order valence-electron chi connectivity index (χ2n) is 16.3. The number of ether oxygens (including phenoxy) is 8. The lowest BCUT2D eigenvalue weighted by atomic mass is 9.86. The lowest BCUT2D eigenvalue weighted by Crippen LogP contribution is -2.17. The minimum Gasteiger partial charge on any atom is -0.511 e. The number of Topliss-reactive ketones (excluding diaryl/α,β-unsaturated/α-hetero) is 1. The predicted molar refractivity (Wildman–Crippen MR) is 246 cm³/mol. The van der Waals surface area contributed by atoms with Crippen LogP contribution in [0, 0.1) is 11.8 Å². The van der Waals surface area contributed by atoms with Gasteiger partial charge in [0.25, 0.3) is 0 Å². The molecule has 16 nitrogen and oxygen atoms in total. The number of aliphatic hydroxyl groups excluding tert-OH is 2. The largest absolute Gasteiger partial charge is 0.511 e. The number of esters is 1. The molecule has 0 unspecified atom stereocenters. The lowest BCUT2D eigenvalue weighted by molar-refractivity contribution is -0.145. The molecule has 0 spiro atoms. The number of nitrogens with one attached hydrogen (secondary N) is 1. The van der Waals surface area contributed by atoms with Crippen molar-refractivity contribution in [1.82, 2.24) is 5.32 Å². The Morgan fingerprint density at radius 1 is 0.708 bits per heavy atom. The Morgan fingerprint density at radius 2 is 1.25 bits per heavy atom. The highest BCUT2D eigenvalue weighted by Gasteiger charge is 2.41. The van der Waals surface area contributed by atoms with Crippen LogP contribution in [0.1, 0.15) is 67.2 Å².